The van der Waals surface area contributed by atoms with Gasteiger partial charge in [0.1, 0.15) is 35.3 Å². The highest BCUT2D eigenvalue weighted by atomic mass is 19.1. The number of hydrogen-bond donors (Lipinski definition) is 2. The third kappa shape index (κ3) is 6.07. The number of halogens is 1. The highest BCUT2D eigenvalue weighted by molar-refractivity contribution is 6.05. The number of carbonyl (C=O) groups excluding carboxylic acids is 2. The number of pyridine rings is 1. The molecular weight excluding hydrogens is 593 g/mol. The van der Waals surface area contributed by atoms with Gasteiger partial charge in [-0.3, -0.25) is 24.0 Å². The number of aromatic nitrogens is 3. The van der Waals surface area contributed by atoms with Crippen LogP contribution in [0.5, 0.6) is 17.2 Å². The number of amides is 1. The van der Waals surface area contributed by atoms with E-state index in [1.54, 1.807) is 74.1 Å². The van der Waals surface area contributed by atoms with E-state index in [2.05, 4.69) is 10.3 Å². The lowest BCUT2D eigenvalue weighted by Gasteiger charge is -2.19. The van der Waals surface area contributed by atoms with Crippen molar-refractivity contribution in [1.29, 1.82) is 0 Å². The van der Waals surface area contributed by atoms with Crippen molar-refractivity contribution in [3.8, 4) is 22.9 Å². The van der Waals surface area contributed by atoms with Gasteiger partial charge in [0.05, 0.1) is 16.9 Å². The number of ether oxygens (including phenoxy) is 3. The average molecular weight is 626 g/mol. The van der Waals surface area contributed by atoms with E-state index in [9.17, 15) is 14.4 Å². The van der Waals surface area contributed by atoms with Crippen molar-refractivity contribution in [2.45, 2.75) is 38.3 Å². The Labute approximate surface area is 263 Å². The van der Waals surface area contributed by atoms with Crippen molar-refractivity contribution < 1.29 is 28.2 Å². The molecule has 6 rings (SSSR count). The molecule has 0 spiro atoms. The number of nitrogens with two attached hydrogens (primary N) is 1. The molecule has 0 saturated heterocycles. The molecule has 11 nitrogen and oxygen atoms in total. The van der Waals surface area contributed by atoms with Gasteiger partial charge in [0.25, 0.3) is 11.5 Å². The number of nitrogens with one attached hydrogen (secondary N) is 1. The fourth-order valence-corrected chi connectivity index (χ4v) is 5.02. The number of fused-ring (bicyclic) bond motifs is 1. The van der Waals surface area contributed by atoms with Gasteiger partial charge in [0.2, 0.25) is 0 Å². The van der Waals surface area contributed by atoms with Crippen LogP contribution in [-0.2, 0) is 16.6 Å². The highest BCUT2D eigenvalue weighted by Gasteiger charge is 2.48. The summed E-state index contributed by atoms with van der Waals surface area (Å²) in [6.45, 7) is 3.43. The molecule has 3 N–H and O–H groups in total. The average Bonchev–Trinajstić information content (AvgIpc) is 3.76. The van der Waals surface area contributed by atoms with Gasteiger partial charge < -0.3 is 25.3 Å². The standard InChI is InChI=1S/C34H32FN5O6/c1-20(36)33(43)46-34(14-15-34)19-44-24-10-11-25-27(18-24)37-16-13-28(25)45-29-12-9-22(17-26(29)35)38-31(41)30-21(2)39(3)40(32(30)42)23-7-5-4-6-8-23/h4-13,16-18,20H,14-15,19,36H2,1-3H3,(H,38,41). The molecular formula is C34H32FN5O6. The van der Waals surface area contributed by atoms with E-state index in [1.165, 1.54) is 23.0 Å². The van der Waals surface area contributed by atoms with E-state index >= 15 is 4.39 Å². The quantitative estimate of drug-likeness (QED) is 0.206. The SMILES string of the molecule is Cc1c(C(=O)Nc2ccc(Oc3ccnc4cc(OCC5(OC(=O)C(C)N)CC5)ccc34)c(F)c2)c(=O)n(-c2ccccc2)n1C. The first-order chi connectivity index (χ1) is 22.0. The first kappa shape index (κ1) is 30.5. The van der Waals surface area contributed by atoms with Gasteiger partial charge in [-0.25, -0.2) is 9.07 Å². The minimum Gasteiger partial charge on any atom is -0.489 e. The lowest BCUT2D eigenvalue weighted by Crippen LogP contribution is -2.35. The molecule has 1 unspecified atom stereocenters. The Kier molecular flexibility index (Phi) is 8.05. The first-order valence-electron chi connectivity index (χ1n) is 14.7. The molecule has 2 aromatic heterocycles. The Morgan fingerprint density at radius 1 is 1.07 bits per heavy atom. The molecule has 12 heteroatoms. The van der Waals surface area contributed by atoms with Crippen LogP contribution in [0.25, 0.3) is 16.6 Å². The number of carbonyl (C=O) groups is 2. The minimum atomic E-state index is -0.717. The van der Waals surface area contributed by atoms with E-state index < -0.39 is 34.9 Å². The van der Waals surface area contributed by atoms with Crippen LogP contribution in [0.4, 0.5) is 10.1 Å². The molecule has 1 saturated carbocycles. The number of benzene rings is 3. The Morgan fingerprint density at radius 2 is 1.83 bits per heavy atom. The minimum absolute atomic E-state index is 0.0443. The summed E-state index contributed by atoms with van der Waals surface area (Å²) in [6.07, 6.45) is 2.93. The largest absolute Gasteiger partial charge is 0.489 e. The predicted molar refractivity (Wildman–Crippen MR) is 169 cm³/mol. The van der Waals surface area contributed by atoms with Crippen molar-refractivity contribution in [1.82, 2.24) is 14.3 Å². The van der Waals surface area contributed by atoms with Crippen LogP contribution in [0.2, 0.25) is 0 Å². The zero-order valence-electron chi connectivity index (χ0n) is 25.5. The lowest BCUT2D eigenvalue weighted by molar-refractivity contribution is -0.154. The molecule has 2 heterocycles. The van der Waals surface area contributed by atoms with E-state index in [0.717, 1.165) is 6.07 Å². The summed E-state index contributed by atoms with van der Waals surface area (Å²) in [4.78, 5) is 42.6. The second-order valence-electron chi connectivity index (χ2n) is 11.3. The fraction of sp³-hybridized carbons (Fsp3) is 0.235. The summed E-state index contributed by atoms with van der Waals surface area (Å²) in [5, 5.41) is 3.24. The van der Waals surface area contributed by atoms with Crippen molar-refractivity contribution >= 4 is 28.5 Å². The summed E-state index contributed by atoms with van der Waals surface area (Å²) in [7, 11) is 1.69. The third-order valence-corrected chi connectivity index (χ3v) is 7.86. The number of rotatable bonds is 10. The van der Waals surface area contributed by atoms with Gasteiger partial charge in [0, 0.05) is 36.5 Å². The molecule has 0 radical (unpaired) electrons. The Bertz CT molecular complexity index is 2020. The molecule has 0 aliphatic heterocycles. The zero-order valence-corrected chi connectivity index (χ0v) is 25.5. The summed E-state index contributed by atoms with van der Waals surface area (Å²) < 4.78 is 35.6. The molecule has 1 amide bonds. The maximum Gasteiger partial charge on any atom is 0.323 e. The maximum atomic E-state index is 15.2. The third-order valence-electron chi connectivity index (χ3n) is 7.86. The molecule has 1 aliphatic rings. The van der Waals surface area contributed by atoms with Crippen molar-refractivity contribution in [3.05, 3.63) is 106 Å². The Balaban J connectivity index is 1.15. The monoisotopic (exact) mass is 625 g/mol. The summed E-state index contributed by atoms with van der Waals surface area (Å²) in [5.41, 5.74) is 6.20. The van der Waals surface area contributed by atoms with Crippen molar-refractivity contribution in [2.24, 2.45) is 12.8 Å². The molecule has 1 fully saturated rings. The maximum absolute atomic E-state index is 15.2. The van der Waals surface area contributed by atoms with E-state index in [1.807, 2.05) is 6.07 Å². The molecule has 1 aliphatic carbocycles. The number of nitrogens with zero attached hydrogens (tertiary/aromatic N) is 3. The van der Waals surface area contributed by atoms with Crippen LogP contribution >= 0.6 is 0 Å². The van der Waals surface area contributed by atoms with Crippen LogP contribution in [-0.4, -0.2) is 44.5 Å². The Morgan fingerprint density at radius 3 is 2.52 bits per heavy atom. The second-order valence-corrected chi connectivity index (χ2v) is 11.3. The molecule has 0 bridgehead atoms. The molecule has 236 valence electrons. The Hall–Kier alpha value is -5.49. The summed E-state index contributed by atoms with van der Waals surface area (Å²) >= 11 is 0. The fourth-order valence-electron chi connectivity index (χ4n) is 5.02. The number of hydrogen-bond acceptors (Lipinski definition) is 8. The highest BCUT2D eigenvalue weighted by Crippen LogP contribution is 2.41. The van der Waals surface area contributed by atoms with Gasteiger partial charge >= 0.3 is 5.97 Å². The smallest absolute Gasteiger partial charge is 0.323 e. The predicted octanol–water partition coefficient (Wildman–Crippen LogP) is 5.02. The van der Waals surface area contributed by atoms with Crippen LogP contribution in [0, 0.1) is 12.7 Å². The van der Waals surface area contributed by atoms with Crippen LogP contribution in [0.3, 0.4) is 0 Å². The molecule has 46 heavy (non-hydrogen) atoms. The van der Waals surface area contributed by atoms with Gasteiger partial charge in [-0.1, -0.05) is 18.2 Å². The van der Waals surface area contributed by atoms with E-state index in [0.29, 0.717) is 46.6 Å². The van der Waals surface area contributed by atoms with E-state index in [-0.39, 0.29) is 23.6 Å². The van der Waals surface area contributed by atoms with Crippen LogP contribution < -0.4 is 26.1 Å². The zero-order chi connectivity index (χ0) is 32.6. The van der Waals surface area contributed by atoms with Crippen LogP contribution in [0.1, 0.15) is 35.8 Å². The van der Waals surface area contributed by atoms with Crippen molar-refractivity contribution in [2.75, 3.05) is 11.9 Å². The van der Waals surface area contributed by atoms with Crippen molar-refractivity contribution in [3.63, 3.8) is 0 Å². The number of anilines is 1. The molecule has 3 aromatic carbocycles. The summed E-state index contributed by atoms with van der Waals surface area (Å²) in [6, 6.07) is 19.1. The van der Waals surface area contributed by atoms with Gasteiger partial charge in [-0.05, 0) is 69.2 Å². The summed E-state index contributed by atoms with van der Waals surface area (Å²) in [5.74, 6) is -1.03. The molecule has 5 aromatic rings. The topological polar surface area (TPSA) is 140 Å². The number of esters is 1. The van der Waals surface area contributed by atoms with Gasteiger partial charge in [0.15, 0.2) is 11.6 Å². The normalized spacial score (nSPS) is 14.0. The number of para-hydroxylation sites is 1. The molecule has 1 atom stereocenters. The van der Waals surface area contributed by atoms with Gasteiger partial charge in [-0.2, -0.15) is 0 Å². The van der Waals surface area contributed by atoms with Crippen LogP contribution in [0.15, 0.2) is 83.8 Å². The van der Waals surface area contributed by atoms with E-state index in [4.69, 9.17) is 19.9 Å². The first-order valence-corrected chi connectivity index (χ1v) is 14.7. The van der Waals surface area contributed by atoms with Gasteiger partial charge in [-0.15, -0.1) is 0 Å². The lowest BCUT2D eigenvalue weighted by atomic mass is 10.2. The second kappa shape index (κ2) is 12.1.